The molecule has 0 spiro atoms. The van der Waals surface area contributed by atoms with Crippen LogP contribution in [0.1, 0.15) is 31.2 Å². The van der Waals surface area contributed by atoms with Gasteiger partial charge in [0.25, 0.3) is 0 Å². The van der Waals surface area contributed by atoms with E-state index in [-0.39, 0.29) is 11.9 Å². The second kappa shape index (κ2) is 8.21. The predicted octanol–water partition coefficient (Wildman–Crippen LogP) is 3.03. The summed E-state index contributed by atoms with van der Waals surface area (Å²) < 4.78 is 0. The molecule has 1 fully saturated rings. The number of piperazine rings is 1. The molecule has 2 aliphatic rings. The van der Waals surface area contributed by atoms with E-state index in [2.05, 4.69) is 21.5 Å². The van der Waals surface area contributed by atoms with Crippen molar-refractivity contribution in [3.8, 4) is 12.3 Å². The van der Waals surface area contributed by atoms with Crippen molar-refractivity contribution in [1.29, 1.82) is 0 Å². The summed E-state index contributed by atoms with van der Waals surface area (Å²) in [5.41, 5.74) is 1.46. The molecule has 0 radical (unpaired) electrons. The fraction of sp³-hybridized carbons (Fsp3) is 0.500. The summed E-state index contributed by atoms with van der Waals surface area (Å²) in [6, 6.07) is 7.57. The van der Waals surface area contributed by atoms with Gasteiger partial charge in [-0.15, -0.1) is 12.3 Å². The first-order valence-electron chi connectivity index (χ1n) is 9.29. The molecule has 1 aromatic carbocycles. The molecule has 142 valence electrons. The molecule has 2 heterocycles. The largest absolute Gasteiger partial charge is 0.339 e. The molecule has 1 aromatic rings. The quantitative estimate of drug-likeness (QED) is 0.785. The third-order valence-corrected chi connectivity index (χ3v) is 4.98. The summed E-state index contributed by atoms with van der Waals surface area (Å²) in [5.74, 6) is 2.68. The Morgan fingerprint density at radius 3 is 2.52 bits per heavy atom. The smallest absolute Gasteiger partial charge is 0.321 e. The average molecular weight is 367 g/mol. The molecule has 3 rings (SSSR count). The van der Waals surface area contributed by atoms with E-state index in [1.54, 1.807) is 4.90 Å². The summed E-state index contributed by atoms with van der Waals surface area (Å²) in [6.07, 6.45) is 7.64. The van der Waals surface area contributed by atoms with Crippen LogP contribution < -0.4 is 5.32 Å². The van der Waals surface area contributed by atoms with Gasteiger partial charge < -0.3 is 15.1 Å². The fourth-order valence-electron chi connectivity index (χ4n) is 3.22. The predicted molar refractivity (Wildman–Crippen MR) is 103 cm³/mol. The maximum Gasteiger partial charge on any atom is 0.321 e. The first-order valence-corrected chi connectivity index (χ1v) is 9.29. The Balaban J connectivity index is 1.41. The van der Waals surface area contributed by atoms with Gasteiger partial charge in [-0.05, 0) is 24.6 Å². The van der Waals surface area contributed by atoms with Gasteiger partial charge in [-0.2, -0.15) is 10.2 Å². The zero-order valence-electron chi connectivity index (χ0n) is 15.6. The summed E-state index contributed by atoms with van der Waals surface area (Å²) in [5, 5.41) is 11.0. The topological polar surface area (TPSA) is 77.4 Å². The number of anilines is 1. The number of carbonyl (C=O) groups is 2. The number of hydrogen-bond donors (Lipinski definition) is 1. The van der Waals surface area contributed by atoms with Gasteiger partial charge in [0.05, 0.1) is 0 Å². The van der Waals surface area contributed by atoms with Crippen LogP contribution in [0.5, 0.6) is 0 Å². The third-order valence-electron chi connectivity index (χ3n) is 4.98. The molecule has 0 bridgehead atoms. The standard InChI is InChI=1S/C20H25N5O2/c1-3-4-9-20(22-23-20)10-8-18(26)24-11-13-25(14-12-24)19(27)21-17-7-5-6-16(2)15-17/h1,5-7,15H,4,8-14H2,2H3,(H,21,27). The SMILES string of the molecule is C#CCCC1(CCC(=O)N2CCN(C(=O)Nc3cccc(C)c3)CC2)N=N1. The average Bonchev–Trinajstić information content (AvgIpc) is 3.45. The fourth-order valence-corrected chi connectivity index (χ4v) is 3.22. The van der Waals surface area contributed by atoms with Crippen LogP contribution in [-0.2, 0) is 4.79 Å². The van der Waals surface area contributed by atoms with Crippen LogP contribution in [-0.4, -0.2) is 53.6 Å². The van der Waals surface area contributed by atoms with Crippen LogP contribution in [0.2, 0.25) is 0 Å². The number of amides is 3. The molecule has 0 aromatic heterocycles. The lowest BCUT2D eigenvalue weighted by molar-refractivity contribution is -0.132. The van der Waals surface area contributed by atoms with Crippen molar-refractivity contribution in [2.24, 2.45) is 10.2 Å². The highest BCUT2D eigenvalue weighted by atomic mass is 16.2. The first kappa shape index (κ1) is 18.9. The highest BCUT2D eigenvalue weighted by molar-refractivity contribution is 5.89. The van der Waals surface area contributed by atoms with E-state index in [4.69, 9.17) is 6.42 Å². The second-order valence-corrected chi connectivity index (χ2v) is 7.05. The number of urea groups is 1. The van der Waals surface area contributed by atoms with Crippen molar-refractivity contribution in [2.75, 3.05) is 31.5 Å². The van der Waals surface area contributed by atoms with Crippen molar-refractivity contribution >= 4 is 17.6 Å². The summed E-state index contributed by atoms with van der Waals surface area (Å²) in [4.78, 5) is 28.4. The van der Waals surface area contributed by atoms with Crippen LogP contribution in [0.15, 0.2) is 34.5 Å². The lowest BCUT2D eigenvalue weighted by atomic mass is 10.0. The molecular weight excluding hydrogens is 342 g/mol. The molecule has 1 N–H and O–H groups in total. The van der Waals surface area contributed by atoms with Gasteiger partial charge in [0.2, 0.25) is 5.91 Å². The Hall–Kier alpha value is -2.88. The number of nitrogens with one attached hydrogen (secondary N) is 1. The van der Waals surface area contributed by atoms with Crippen LogP contribution in [0, 0.1) is 19.3 Å². The maximum atomic E-state index is 12.4. The lowest BCUT2D eigenvalue weighted by Gasteiger charge is -2.35. The highest BCUT2D eigenvalue weighted by Crippen LogP contribution is 2.37. The maximum absolute atomic E-state index is 12.4. The highest BCUT2D eigenvalue weighted by Gasteiger charge is 2.39. The van der Waals surface area contributed by atoms with E-state index < -0.39 is 5.66 Å². The van der Waals surface area contributed by atoms with Crippen molar-refractivity contribution in [1.82, 2.24) is 9.80 Å². The minimum absolute atomic E-state index is 0.0890. The van der Waals surface area contributed by atoms with Crippen LogP contribution in [0.3, 0.4) is 0 Å². The molecule has 0 atom stereocenters. The number of nitrogens with zero attached hydrogens (tertiary/aromatic N) is 4. The van der Waals surface area contributed by atoms with E-state index >= 15 is 0 Å². The minimum atomic E-state index is -0.419. The van der Waals surface area contributed by atoms with Crippen molar-refractivity contribution < 1.29 is 9.59 Å². The van der Waals surface area contributed by atoms with Gasteiger partial charge in [-0.3, -0.25) is 4.79 Å². The zero-order valence-corrected chi connectivity index (χ0v) is 15.6. The second-order valence-electron chi connectivity index (χ2n) is 7.05. The zero-order chi connectivity index (χ0) is 19.3. The van der Waals surface area contributed by atoms with Gasteiger partial charge in [0.1, 0.15) is 0 Å². The number of hydrogen-bond acceptors (Lipinski definition) is 4. The van der Waals surface area contributed by atoms with E-state index in [0.717, 1.165) is 11.3 Å². The molecular formula is C20H25N5O2. The first-order chi connectivity index (χ1) is 13.0. The summed E-state index contributed by atoms with van der Waals surface area (Å²) in [7, 11) is 0. The molecule has 0 unspecified atom stereocenters. The van der Waals surface area contributed by atoms with Crippen LogP contribution >= 0.6 is 0 Å². The number of benzene rings is 1. The van der Waals surface area contributed by atoms with Gasteiger partial charge in [-0.1, -0.05) is 12.1 Å². The molecule has 27 heavy (non-hydrogen) atoms. The normalized spacial score (nSPS) is 17.3. The number of rotatable bonds is 6. The Morgan fingerprint density at radius 2 is 1.89 bits per heavy atom. The molecule has 3 amide bonds. The molecule has 0 aliphatic carbocycles. The van der Waals surface area contributed by atoms with Crippen LogP contribution in [0.4, 0.5) is 10.5 Å². The molecule has 1 saturated heterocycles. The van der Waals surface area contributed by atoms with E-state index in [0.29, 0.717) is 51.9 Å². The van der Waals surface area contributed by atoms with Gasteiger partial charge >= 0.3 is 6.03 Å². The number of aryl methyl sites for hydroxylation is 1. The Labute approximate surface area is 159 Å². The van der Waals surface area contributed by atoms with Crippen molar-refractivity contribution in [2.45, 2.75) is 38.3 Å². The van der Waals surface area contributed by atoms with E-state index in [1.807, 2.05) is 36.1 Å². The minimum Gasteiger partial charge on any atom is -0.339 e. The monoisotopic (exact) mass is 367 g/mol. The van der Waals surface area contributed by atoms with Gasteiger partial charge in [0.15, 0.2) is 5.66 Å². The van der Waals surface area contributed by atoms with Gasteiger partial charge in [0, 0.05) is 57.5 Å². The van der Waals surface area contributed by atoms with E-state index in [9.17, 15) is 9.59 Å². The van der Waals surface area contributed by atoms with Gasteiger partial charge in [-0.25, -0.2) is 4.79 Å². The molecule has 0 saturated carbocycles. The summed E-state index contributed by atoms with van der Waals surface area (Å²) >= 11 is 0. The summed E-state index contributed by atoms with van der Waals surface area (Å²) in [6.45, 7) is 4.14. The Kier molecular flexibility index (Phi) is 5.75. The Morgan fingerprint density at radius 1 is 1.19 bits per heavy atom. The Bertz CT molecular complexity index is 769. The van der Waals surface area contributed by atoms with E-state index in [1.165, 1.54) is 0 Å². The number of terminal acetylenes is 1. The molecule has 7 heteroatoms. The molecule has 7 nitrogen and oxygen atoms in total. The number of carbonyl (C=O) groups excluding carboxylic acids is 2. The third kappa shape index (κ3) is 5.07. The van der Waals surface area contributed by atoms with Crippen molar-refractivity contribution in [3.05, 3.63) is 29.8 Å². The van der Waals surface area contributed by atoms with Crippen LogP contribution in [0.25, 0.3) is 0 Å². The van der Waals surface area contributed by atoms with Crippen molar-refractivity contribution in [3.63, 3.8) is 0 Å². The molecule has 2 aliphatic heterocycles. The lowest BCUT2D eigenvalue weighted by Crippen LogP contribution is -2.51.